The molecule has 0 spiro atoms. The molecule has 0 bridgehead atoms. The number of nitrogens with one attached hydrogen (secondary N) is 1. The van der Waals surface area contributed by atoms with Gasteiger partial charge in [0.05, 0.1) is 6.10 Å². The third-order valence-electron chi connectivity index (χ3n) is 3.99. The molecular formula is C13H17N3O3S. The number of fused-ring (bicyclic) bond motifs is 2. The maximum atomic E-state index is 11.7. The molecule has 2 aliphatic carbocycles. The van der Waals surface area contributed by atoms with Gasteiger partial charge in [-0.15, -0.1) is 4.36 Å². The van der Waals surface area contributed by atoms with E-state index in [2.05, 4.69) is 15.7 Å². The normalized spacial score (nSPS) is 21.6. The summed E-state index contributed by atoms with van der Waals surface area (Å²) in [7, 11) is -2.34. The minimum absolute atomic E-state index is 0.463. The van der Waals surface area contributed by atoms with E-state index in [-0.39, 0.29) is 0 Å². The van der Waals surface area contributed by atoms with Crippen molar-refractivity contribution in [3.05, 3.63) is 28.3 Å². The van der Waals surface area contributed by atoms with Gasteiger partial charge in [-0.1, -0.05) is 6.07 Å². The summed E-state index contributed by atoms with van der Waals surface area (Å²) in [6.45, 7) is 0. The van der Waals surface area contributed by atoms with E-state index < -0.39 is 22.9 Å². The van der Waals surface area contributed by atoms with Gasteiger partial charge < -0.3 is 10.4 Å². The Morgan fingerprint density at radius 1 is 1.40 bits per heavy atom. The second-order valence-corrected chi connectivity index (χ2v) is 6.00. The maximum Gasteiger partial charge on any atom is 0.354 e. The smallest absolute Gasteiger partial charge is 0.354 e. The van der Waals surface area contributed by atoms with Crippen LogP contribution in [0.25, 0.3) is 0 Å². The number of amides is 2. The molecule has 7 heteroatoms. The van der Waals surface area contributed by atoms with Crippen LogP contribution in [0.2, 0.25) is 0 Å². The van der Waals surface area contributed by atoms with Crippen molar-refractivity contribution in [1.29, 1.82) is 0 Å². The van der Waals surface area contributed by atoms with Crippen LogP contribution in [0.1, 0.15) is 41.2 Å². The highest BCUT2D eigenvalue weighted by Crippen LogP contribution is 2.42. The molecular weight excluding hydrogens is 278 g/mol. The highest BCUT2D eigenvalue weighted by atomic mass is 32.2. The Morgan fingerprint density at radius 3 is 2.95 bits per heavy atom. The van der Waals surface area contributed by atoms with Crippen molar-refractivity contribution in [2.45, 2.75) is 38.2 Å². The molecule has 108 valence electrons. The monoisotopic (exact) mass is 295 g/mol. The summed E-state index contributed by atoms with van der Waals surface area (Å²) in [4.78, 5) is 11.7. The van der Waals surface area contributed by atoms with Crippen molar-refractivity contribution >= 4 is 22.5 Å². The second kappa shape index (κ2) is 5.16. The van der Waals surface area contributed by atoms with E-state index >= 15 is 0 Å². The number of thiol groups is 1. The predicted molar refractivity (Wildman–Crippen MR) is 76.9 cm³/mol. The Morgan fingerprint density at radius 2 is 2.20 bits per heavy atom. The fourth-order valence-corrected chi connectivity index (χ4v) is 3.42. The van der Waals surface area contributed by atoms with Crippen LogP contribution < -0.4 is 10.5 Å². The zero-order valence-corrected chi connectivity index (χ0v) is 11.8. The van der Waals surface area contributed by atoms with E-state index in [1.54, 1.807) is 0 Å². The minimum atomic E-state index is -2.34. The molecule has 0 aromatic heterocycles. The standard InChI is InChI=1S/C13H17N3O3S/c14-20(19)16-13(18)15-12-8-3-1-2-7(8)6-10-9(12)4-5-11(10)17/h6,11,17,20H,1-5H2,(H3,14,15,16,18,19). The summed E-state index contributed by atoms with van der Waals surface area (Å²) in [6, 6.07) is 1.38. The Bertz CT molecular complexity index is 665. The van der Waals surface area contributed by atoms with Crippen LogP contribution in [0.3, 0.4) is 0 Å². The first-order chi connectivity index (χ1) is 9.56. The third-order valence-corrected chi connectivity index (χ3v) is 4.37. The van der Waals surface area contributed by atoms with E-state index in [0.717, 1.165) is 48.1 Å². The lowest BCUT2D eigenvalue weighted by atomic mass is 9.98. The molecule has 0 heterocycles. The lowest BCUT2D eigenvalue weighted by Crippen LogP contribution is -2.12. The maximum absolute atomic E-state index is 11.7. The molecule has 2 atom stereocenters. The number of benzene rings is 1. The lowest BCUT2D eigenvalue weighted by Gasteiger charge is -2.15. The van der Waals surface area contributed by atoms with Gasteiger partial charge in [-0.05, 0) is 54.4 Å². The number of aliphatic hydroxyl groups is 1. The minimum Gasteiger partial charge on any atom is -0.388 e. The van der Waals surface area contributed by atoms with Crippen LogP contribution in [0.15, 0.2) is 10.4 Å². The van der Waals surface area contributed by atoms with E-state index in [9.17, 15) is 14.1 Å². The zero-order chi connectivity index (χ0) is 14.3. The number of nitrogens with two attached hydrogens (primary N) is 1. The molecule has 0 radical (unpaired) electrons. The molecule has 0 aliphatic heterocycles. The average Bonchev–Trinajstić information content (AvgIpc) is 2.96. The number of carbonyl (C=O) groups is 1. The van der Waals surface area contributed by atoms with E-state index in [4.69, 9.17) is 5.14 Å². The summed E-state index contributed by atoms with van der Waals surface area (Å²) in [5.74, 6) is 0. The number of rotatable bonds is 1. The molecule has 2 unspecified atom stereocenters. The summed E-state index contributed by atoms with van der Waals surface area (Å²) in [6.07, 6.45) is 3.84. The number of aliphatic hydroxyl groups excluding tert-OH is 1. The van der Waals surface area contributed by atoms with Crippen LogP contribution in [0.4, 0.5) is 10.5 Å². The van der Waals surface area contributed by atoms with Crippen molar-refractivity contribution < 1.29 is 14.1 Å². The zero-order valence-electron chi connectivity index (χ0n) is 10.9. The van der Waals surface area contributed by atoms with Gasteiger partial charge in [-0.2, -0.15) is 0 Å². The number of hydrogen-bond donors (Lipinski definition) is 4. The van der Waals surface area contributed by atoms with Crippen molar-refractivity contribution in [2.24, 2.45) is 9.50 Å². The molecule has 3 rings (SSSR count). The Balaban J connectivity index is 2.06. The van der Waals surface area contributed by atoms with Gasteiger partial charge in [0.2, 0.25) is 0 Å². The highest BCUT2D eigenvalue weighted by Gasteiger charge is 2.29. The Hall–Kier alpha value is -1.44. The molecule has 2 aliphatic rings. The van der Waals surface area contributed by atoms with Crippen LogP contribution in [-0.2, 0) is 30.0 Å². The van der Waals surface area contributed by atoms with Crippen LogP contribution in [-0.4, -0.2) is 15.3 Å². The summed E-state index contributed by atoms with van der Waals surface area (Å²) >= 11 is 0. The molecule has 0 saturated heterocycles. The quantitative estimate of drug-likeness (QED) is 0.585. The van der Waals surface area contributed by atoms with Gasteiger partial charge in [0.1, 0.15) is 10.8 Å². The predicted octanol–water partition coefficient (Wildman–Crippen LogP) is 1.23. The van der Waals surface area contributed by atoms with E-state index in [1.807, 2.05) is 0 Å². The molecule has 1 aromatic rings. The third kappa shape index (κ3) is 2.32. The van der Waals surface area contributed by atoms with Crippen LogP contribution in [0, 0.1) is 0 Å². The van der Waals surface area contributed by atoms with Crippen molar-refractivity contribution in [2.75, 3.05) is 5.32 Å². The molecule has 0 saturated carbocycles. The highest BCUT2D eigenvalue weighted by molar-refractivity contribution is 7.72. The van der Waals surface area contributed by atoms with Crippen LogP contribution >= 0.6 is 0 Å². The molecule has 4 N–H and O–H groups in total. The van der Waals surface area contributed by atoms with Gasteiger partial charge in [0.15, 0.2) is 0 Å². The second-order valence-electron chi connectivity index (χ2n) is 5.20. The summed E-state index contributed by atoms with van der Waals surface area (Å²) < 4.78 is 14.1. The first kappa shape index (κ1) is 13.5. The fraction of sp³-hybridized carbons (Fsp3) is 0.462. The van der Waals surface area contributed by atoms with Gasteiger partial charge in [0, 0.05) is 5.69 Å². The first-order valence-corrected chi connectivity index (χ1v) is 7.94. The number of urea groups is 1. The van der Waals surface area contributed by atoms with Crippen LogP contribution in [0.5, 0.6) is 0 Å². The first-order valence-electron chi connectivity index (χ1n) is 6.66. The summed E-state index contributed by atoms with van der Waals surface area (Å²) in [5.41, 5.74) is 4.93. The van der Waals surface area contributed by atoms with E-state index in [1.165, 1.54) is 5.56 Å². The number of nitrogens with zero attached hydrogens (tertiary/aromatic N) is 1. The van der Waals surface area contributed by atoms with Gasteiger partial charge in [-0.25, -0.2) is 14.1 Å². The SMILES string of the molecule is N/[SH](=O)=N\C(=O)Nc1c2c(cc3c1CCC3O)CCC2. The number of anilines is 1. The van der Waals surface area contributed by atoms with Gasteiger partial charge >= 0.3 is 6.03 Å². The number of carbonyl (C=O) groups excluding carboxylic acids is 1. The number of hydrogen-bond acceptors (Lipinski definition) is 3. The van der Waals surface area contributed by atoms with Crippen molar-refractivity contribution in [3.63, 3.8) is 0 Å². The Kier molecular flexibility index (Phi) is 3.49. The van der Waals surface area contributed by atoms with Crippen molar-refractivity contribution in [1.82, 2.24) is 0 Å². The topological polar surface area (TPSA) is 105 Å². The van der Waals surface area contributed by atoms with E-state index in [0.29, 0.717) is 6.42 Å². The van der Waals surface area contributed by atoms with Gasteiger partial charge in [0.25, 0.3) is 0 Å². The number of aryl methyl sites for hydroxylation is 1. The average molecular weight is 295 g/mol. The lowest BCUT2D eigenvalue weighted by molar-refractivity contribution is 0.180. The molecule has 20 heavy (non-hydrogen) atoms. The van der Waals surface area contributed by atoms with Gasteiger partial charge in [-0.3, -0.25) is 0 Å². The molecule has 0 fully saturated rings. The molecule has 1 aromatic carbocycles. The largest absolute Gasteiger partial charge is 0.388 e. The molecule has 6 nitrogen and oxygen atoms in total. The van der Waals surface area contributed by atoms with Crippen molar-refractivity contribution in [3.8, 4) is 0 Å². The summed E-state index contributed by atoms with van der Waals surface area (Å²) in [5, 5.41) is 17.8. The molecule has 2 amide bonds. The Labute approximate surface area is 118 Å². The fourth-order valence-electron chi connectivity index (χ4n) is 3.19.